The third-order valence-corrected chi connectivity index (χ3v) is 0.113. The van der Waals surface area contributed by atoms with Gasteiger partial charge in [0.15, 0.2) is 0 Å². The molecule has 2 nitrogen and oxygen atoms in total. The van der Waals surface area contributed by atoms with Crippen LogP contribution in [-0.4, -0.2) is 0 Å². The van der Waals surface area contributed by atoms with Gasteiger partial charge in [-0.05, 0) is 0 Å². The minimum absolute atomic E-state index is 0. The van der Waals surface area contributed by atoms with Gasteiger partial charge in [0, 0.05) is 13.5 Å². The monoisotopic (exact) mass is 137 g/mol. The van der Waals surface area contributed by atoms with Crippen LogP contribution in [0.15, 0.2) is 0 Å². The molecule has 4 heteroatoms. The van der Waals surface area contributed by atoms with Crippen molar-refractivity contribution >= 4 is 13.5 Å². The first-order chi connectivity index (χ1) is 1.91. The molecular weight excluding hydrogens is 138 g/mol. The maximum absolute atomic E-state index is 7.29. The zero-order valence-electron chi connectivity index (χ0n) is 2.07. The minimum Gasteiger partial charge on any atom is 0 e. The summed E-state index contributed by atoms with van der Waals surface area (Å²) < 4.78 is 3.41. The van der Waals surface area contributed by atoms with Crippen LogP contribution >= 0.6 is 13.5 Å². The standard InChI is InChI=1S/CHNO.Cu.S/c2-1-3;;/h3H;;/q;+1;/p-1. The average molecular weight is 138 g/mol. The molecule has 0 aromatic heterocycles. The number of nitriles is 1. The first kappa shape index (κ1) is 8.94. The van der Waals surface area contributed by atoms with Crippen molar-refractivity contribution in [1.29, 1.82) is 5.26 Å². The smallest absolute Gasteiger partial charge is 0 e. The molecule has 32 valence electrons. The van der Waals surface area contributed by atoms with Crippen LogP contribution in [-0.2, 0) is 20.2 Å². The summed E-state index contributed by atoms with van der Waals surface area (Å²) in [6, 6.07) is 0. The van der Waals surface area contributed by atoms with Gasteiger partial charge in [-0.15, -0.1) is 0 Å². The zero-order chi connectivity index (χ0) is 3.41. The molecule has 5 heavy (non-hydrogen) atoms. The molecule has 0 aliphatic heterocycles. The van der Waals surface area contributed by atoms with E-state index in [1.807, 2.05) is 0 Å². The fourth-order valence-electron chi connectivity index (χ4n) is 0. The molecule has 0 aliphatic carbocycles. The van der Waals surface area contributed by atoms with Gasteiger partial charge in [-0.25, -0.2) is 0 Å². The van der Waals surface area contributed by atoms with Crippen molar-refractivity contribution in [3.05, 3.63) is 0 Å². The average Bonchev–Trinajstić information content (AvgIpc) is 1.37. The molecule has 0 unspecified atom stereocenters. The van der Waals surface area contributed by atoms with Crippen LogP contribution in [0.4, 0.5) is 0 Å². The second-order valence-corrected chi connectivity index (χ2v) is 0.345. The molecule has 0 aromatic rings. The van der Waals surface area contributed by atoms with Crippen molar-refractivity contribution in [3.63, 3.8) is 0 Å². The van der Waals surface area contributed by atoms with Crippen molar-refractivity contribution in [2.45, 2.75) is 0 Å². The number of rotatable bonds is 0. The fourth-order valence-corrected chi connectivity index (χ4v) is 0. The van der Waals surface area contributed by atoms with E-state index in [1.165, 1.54) is 6.26 Å². The van der Waals surface area contributed by atoms with E-state index in [0.717, 1.165) is 0 Å². The van der Waals surface area contributed by atoms with Crippen LogP contribution in [0.3, 0.4) is 0 Å². The molecule has 0 atom stereocenters. The summed E-state index contributed by atoms with van der Waals surface area (Å²) in [6.07, 6.45) is 1.24. The largest absolute Gasteiger partial charge is 0 e. The Morgan fingerprint density at radius 2 is 2.00 bits per heavy atom. The molecule has 0 N–H and O–H groups in total. The quantitative estimate of drug-likeness (QED) is 0.362. The van der Waals surface area contributed by atoms with E-state index in [-0.39, 0.29) is 13.5 Å². The Morgan fingerprint density at radius 1 is 1.80 bits per heavy atom. The van der Waals surface area contributed by atoms with Crippen LogP contribution in [0, 0.1) is 11.5 Å². The summed E-state index contributed by atoms with van der Waals surface area (Å²) in [5.41, 5.74) is 0. The van der Waals surface area contributed by atoms with Gasteiger partial charge in [0.1, 0.15) is 0 Å². The Balaban J connectivity index is 0. The van der Waals surface area contributed by atoms with Gasteiger partial charge >= 0.3 is 31.7 Å². The number of nitrogens with zero attached hydrogens (tertiary/aromatic N) is 1. The molecule has 2 radical (unpaired) electrons. The second-order valence-electron chi connectivity index (χ2n) is 0.153. The Hall–Kier alpha value is 0.159. The molecule has 0 aromatic carbocycles. The Morgan fingerprint density at radius 3 is 2.00 bits per heavy atom. The Bertz CT molecular complexity index is 41.4. The maximum atomic E-state index is 7.29. The summed E-state index contributed by atoms with van der Waals surface area (Å²) in [4.78, 5) is 0. The van der Waals surface area contributed by atoms with Crippen LogP contribution in [0.5, 0.6) is 0 Å². The topological polar surface area (TPSA) is 33.0 Å². The third-order valence-electron chi connectivity index (χ3n) is 0.0275. The first-order valence-corrected chi connectivity index (χ1v) is 0.935. The maximum Gasteiger partial charge on any atom is 0 e. The van der Waals surface area contributed by atoms with Gasteiger partial charge in [-0.2, -0.15) is 0 Å². The van der Waals surface area contributed by atoms with Crippen molar-refractivity contribution < 1.29 is 20.2 Å². The minimum atomic E-state index is 0. The van der Waals surface area contributed by atoms with Gasteiger partial charge in [0.05, 0.1) is 0 Å². The summed E-state index contributed by atoms with van der Waals surface area (Å²) >= 11 is 3.81. The molecule has 0 fully saturated rings. The first-order valence-electron chi connectivity index (χ1n) is 0.551. The molecule has 0 amide bonds. The molecule has 0 heterocycles. The van der Waals surface area contributed by atoms with Crippen LogP contribution < -0.4 is 0 Å². The van der Waals surface area contributed by atoms with E-state index in [1.54, 1.807) is 0 Å². The molecular formula is CCuNOS. The second kappa shape index (κ2) is 8.90. The third kappa shape index (κ3) is 14.4. The van der Waals surface area contributed by atoms with Crippen molar-refractivity contribution in [1.82, 2.24) is 0 Å². The molecule has 0 bridgehead atoms. The summed E-state index contributed by atoms with van der Waals surface area (Å²) in [5.74, 6) is 0. The summed E-state index contributed by atoms with van der Waals surface area (Å²) in [5, 5.41) is 7.29. The molecule has 0 saturated carbocycles. The van der Waals surface area contributed by atoms with Gasteiger partial charge in [0.25, 0.3) is 0 Å². The Kier molecular flexibility index (Phi) is 15.9. The van der Waals surface area contributed by atoms with Gasteiger partial charge < -0.3 is 0 Å². The van der Waals surface area contributed by atoms with Gasteiger partial charge in [-0.3, -0.25) is 0 Å². The Labute approximate surface area is 45.7 Å². The van der Waals surface area contributed by atoms with Crippen molar-refractivity contribution in [3.8, 4) is 6.26 Å². The number of hydrogen-bond acceptors (Lipinski definition) is 2. The normalized spacial score (nSPS) is 3.40. The van der Waals surface area contributed by atoms with E-state index in [9.17, 15) is 0 Å². The predicted molar refractivity (Wildman–Crippen MR) is 14.3 cm³/mol. The SMILES string of the molecule is N#C[O][Cu].[S]. The van der Waals surface area contributed by atoms with Crippen LogP contribution in [0.1, 0.15) is 0 Å². The van der Waals surface area contributed by atoms with Crippen molar-refractivity contribution in [2.75, 3.05) is 0 Å². The van der Waals surface area contributed by atoms with Crippen LogP contribution in [0.25, 0.3) is 0 Å². The van der Waals surface area contributed by atoms with E-state index < -0.39 is 0 Å². The summed E-state index contributed by atoms with van der Waals surface area (Å²) in [7, 11) is 0. The molecule has 0 aliphatic rings. The molecule has 0 saturated heterocycles. The van der Waals surface area contributed by atoms with Gasteiger partial charge in [-0.1, -0.05) is 0 Å². The molecule has 0 spiro atoms. The van der Waals surface area contributed by atoms with Gasteiger partial charge in [0.2, 0.25) is 0 Å². The fraction of sp³-hybridized carbons (Fsp3) is 0. The van der Waals surface area contributed by atoms with E-state index in [4.69, 9.17) is 5.26 Å². The van der Waals surface area contributed by atoms with E-state index in [0.29, 0.717) is 0 Å². The van der Waals surface area contributed by atoms with Crippen molar-refractivity contribution in [2.24, 2.45) is 0 Å². The predicted octanol–water partition coefficient (Wildman–Crippen LogP) is 0.594. The van der Waals surface area contributed by atoms with Crippen LogP contribution in [0.2, 0.25) is 0 Å². The molecule has 0 rings (SSSR count). The zero-order valence-corrected chi connectivity index (χ0v) is 3.82. The summed E-state index contributed by atoms with van der Waals surface area (Å²) in [6.45, 7) is 0. The van der Waals surface area contributed by atoms with E-state index in [2.05, 4.69) is 20.2 Å². The van der Waals surface area contributed by atoms with E-state index >= 15 is 0 Å². The number of hydrogen-bond donors (Lipinski definition) is 0.